The Morgan fingerprint density at radius 1 is 1.56 bits per heavy atom. The van der Waals surface area contributed by atoms with Gasteiger partial charge in [0.15, 0.2) is 0 Å². The molecule has 18 heavy (non-hydrogen) atoms. The summed E-state index contributed by atoms with van der Waals surface area (Å²) in [6, 6.07) is 3.10. The Kier molecular flexibility index (Phi) is 4.08. The third kappa shape index (κ3) is 2.76. The Bertz CT molecular complexity index is 470. The van der Waals surface area contributed by atoms with Crippen molar-refractivity contribution in [1.29, 1.82) is 0 Å². The van der Waals surface area contributed by atoms with Gasteiger partial charge < -0.3 is 10.0 Å². The number of hydrogen-bond acceptors (Lipinski definition) is 4. The van der Waals surface area contributed by atoms with E-state index in [1.54, 1.807) is 6.08 Å². The molecule has 1 aromatic heterocycles. The topological polar surface area (TPSA) is 57.6 Å². The molecule has 1 amide bonds. The van der Waals surface area contributed by atoms with Crippen LogP contribution in [0.1, 0.15) is 11.8 Å². The molecular weight excluding hydrogens is 270 g/mol. The molecule has 2 unspecified atom stereocenters. The van der Waals surface area contributed by atoms with Crippen LogP contribution in [-0.4, -0.2) is 39.1 Å². The van der Waals surface area contributed by atoms with Crippen LogP contribution >= 0.6 is 23.1 Å². The number of thiophene rings is 1. The van der Waals surface area contributed by atoms with Gasteiger partial charge in [0.25, 0.3) is 0 Å². The summed E-state index contributed by atoms with van der Waals surface area (Å²) in [6.07, 6.45) is 3.17. The standard InChI is InChI=1S/C12H13NO3S2/c1-8-13(10(7-18-8)12(15)16)11(14)5-4-9-3-2-6-17-9/h2-6,8,10H,7H2,1H3,(H,15,16)/b5-4+. The first-order valence-electron chi connectivity index (χ1n) is 5.48. The third-order valence-electron chi connectivity index (χ3n) is 2.70. The van der Waals surface area contributed by atoms with Crippen molar-refractivity contribution < 1.29 is 14.7 Å². The number of carboxylic acid groups (broad SMARTS) is 1. The quantitative estimate of drug-likeness (QED) is 0.863. The summed E-state index contributed by atoms with van der Waals surface area (Å²) in [5.41, 5.74) is 0. The maximum absolute atomic E-state index is 12.0. The van der Waals surface area contributed by atoms with Crippen molar-refractivity contribution >= 4 is 41.1 Å². The molecule has 2 rings (SSSR count). The van der Waals surface area contributed by atoms with E-state index in [2.05, 4.69) is 0 Å². The van der Waals surface area contributed by atoms with Crippen LogP contribution < -0.4 is 0 Å². The number of hydrogen-bond donors (Lipinski definition) is 1. The van der Waals surface area contributed by atoms with Crippen molar-refractivity contribution in [2.75, 3.05) is 5.75 Å². The minimum absolute atomic E-state index is 0.0911. The Morgan fingerprint density at radius 3 is 2.94 bits per heavy atom. The highest BCUT2D eigenvalue weighted by Gasteiger charge is 2.38. The molecule has 1 aliphatic heterocycles. The van der Waals surface area contributed by atoms with Gasteiger partial charge in [-0.15, -0.1) is 23.1 Å². The lowest BCUT2D eigenvalue weighted by Crippen LogP contribution is -2.43. The van der Waals surface area contributed by atoms with E-state index in [0.29, 0.717) is 5.75 Å². The maximum Gasteiger partial charge on any atom is 0.327 e. The van der Waals surface area contributed by atoms with Crippen LogP contribution in [0.25, 0.3) is 6.08 Å². The number of thioether (sulfide) groups is 1. The number of carbonyl (C=O) groups excluding carboxylic acids is 1. The zero-order chi connectivity index (χ0) is 13.1. The number of nitrogens with zero attached hydrogens (tertiary/aromatic N) is 1. The molecule has 2 atom stereocenters. The van der Waals surface area contributed by atoms with Crippen molar-refractivity contribution in [2.24, 2.45) is 0 Å². The molecule has 1 aliphatic rings. The molecule has 0 spiro atoms. The molecule has 2 heterocycles. The van der Waals surface area contributed by atoms with Gasteiger partial charge in [-0.2, -0.15) is 0 Å². The smallest absolute Gasteiger partial charge is 0.327 e. The van der Waals surface area contributed by atoms with E-state index in [4.69, 9.17) is 5.11 Å². The Balaban J connectivity index is 2.09. The van der Waals surface area contributed by atoms with Crippen molar-refractivity contribution in [1.82, 2.24) is 4.90 Å². The second-order valence-electron chi connectivity index (χ2n) is 3.88. The number of amides is 1. The number of rotatable bonds is 3. The molecule has 4 nitrogen and oxygen atoms in total. The molecule has 0 radical (unpaired) electrons. The molecule has 1 fully saturated rings. The van der Waals surface area contributed by atoms with Gasteiger partial charge >= 0.3 is 5.97 Å². The summed E-state index contributed by atoms with van der Waals surface area (Å²) in [6.45, 7) is 1.85. The SMILES string of the molecule is CC1SCC(C(=O)O)N1C(=O)/C=C/c1cccs1. The van der Waals surface area contributed by atoms with E-state index in [1.165, 1.54) is 34.1 Å². The van der Waals surface area contributed by atoms with Crippen molar-refractivity contribution in [3.8, 4) is 0 Å². The molecule has 0 saturated carbocycles. The van der Waals surface area contributed by atoms with Gasteiger partial charge in [0, 0.05) is 16.7 Å². The van der Waals surface area contributed by atoms with Gasteiger partial charge in [-0.05, 0) is 24.4 Å². The van der Waals surface area contributed by atoms with Gasteiger partial charge in [-0.3, -0.25) is 4.79 Å². The van der Waals surface area contributed by atoms with Crippen molar-refractivity contribution in [3.63, 3.8) is 0 Å². The Hall–Kier alpha value is -1.27. The van der Waals surface area contributed by atoms with Crippen LogP contribution in [0.15, 0.2) is 23.6 Å². The second-order valence-corrected chi connectivity index (χ2v) is 6.21. The van der Waals surface area contributed by atoms with E-state index in [1.807, 2.05) is 24.4 Å². The van der Waals surface area contributed by atoms with E-state index < -0.39 is 12.0 Å². The number of carbonyl (C=O) groups is 2. The van der Waals surface area contributed by atoms with Crippen LogP contribution in [-0.2, 0) is 9.59 Å². The van der Waals surface area contributed by atoms with Gasteiger partial charge in [0.1, 0.15) is 6.04 Å². The summed E-state index contributed by atoms with van der Waals surface area (Å²) >= 11 is 3.02. The van der Waals surface area contributed by atoms with E-state index in [-0.39, 0.29) is 11.3 Å². The van der Waals surface area contributed by atoms with Crippen LogP contribution in [0.4, 0.5) is 0 Å². The fourth-order valence-corrected chi connectivity index (χ4v) is 3.59. The first-order valence-corrected chi connectivity index (χ1v) is 7.40. The zero-order valence-electron chi connectivity index (χ0n) is 9.78. The molecule has 0 aromatic carbocycles. The number of aliphatic carboxylic acids is 1. The molecule has 0 aliphatic carbocycles. The van der Waals surface area contributed by atoms with Crippen LogP contribution in [0, 0.1) is 0 Å². The average Bonchev–Trinajstić information content (AvgIpc) is 2.94. The van der Waals surface area contributed by atoms with Crippen LogP contribution in [0.2, 0.25) is 0 Å². The lowest BCUT2D eigenvalue weighted by molar-refractivity contribution is -0.147. The normalized spacial score (nSPS) is 23.7. The van der Waals surface area contributed by atoms with E-state index >= 15 is 0 Å². The van der Waals surface area contributed by atoms with Gasteiger partial charge in [-0.1, -0.05) is 6.07 Å². The monoisotopic (exact) mass is 283 g/mol. The maximum atomic E-state index is 12.0. The zero-order valence-corrected chi connectivity index (χ0v) is 11.4. The van der Waals surface area contributed by atoms with Crippen LogP contribution in [0.3, 0.4) is 0 Å². The summed E-state index contributed by atoms with van der Waals surface area (Å²) in [7, 11) is 0. The lowest BCUT2D eigenvalue weighted by atomic mass is 10.2. The minimum atomic E-state index is -0.940. The first kappa shape index (κ1) is 13.2. The molecule has 1 saturated heterocycles. The largest absolute Gasteiger partial charge is 0.480 e. The summed E-state index contributed by atoms with van der Waals surface area (Å²) in [4.78, 5) is 25.5. The fraction of sp³-hybridized carbons (Fsp3) is 0.333. The molecule has 96 valence electrons. The Labute approximate surface area is 113 Å². The first-order chi connectivity index (χ1) is 8.59. The average molecular weight is 283 g/mol. The predicted octanol–water partition coefficient (Wildman–Crippen LogP) is 2.14. The summed E-state index contributed by atoms with van der Waals surface area (Å²) in [5.74, 6) is -0.729. The van der Waals surface area contributed by atoms with E-state index in [9.17, 15) is 9.59 Å². The molecule has 1 aromatic rings. The van der Waals surface area contributed by atoms with Gasteiger partial charge in [0.2, 0.25) is 5.91 Å². The van der Waals surface area contributed by atoms with Crippen LogP contribution in [0.5, 0.6) is 0 Å². The minimum Gasteiger partial charge on any atom is -0.480 e. The molecule has 0 bridgehead atoms. The van der Waals surface area contributed by atoms with Crippen molar-refractivity contribution in [3.05, 3.63) is 28.5 Å². The van der Waals surface area contributed by atoms with E-state index in [0.717, 1.165) is 4.88 Å². The number of carboxylic acids is 1. The van der Waals surface area contributed by atoms with Crippen molar-refractivity contribution in [2.45, 2.75) is 18.3 Å². The predicted molar refractivity (Wildman–Crippen MR) is 73.5 cm³/mol. The fourth-order valence-electron chi connectivity index (χ4n) is 1.79. The Morgan fingerprint density at radius 2 is 2.33 bits per heavy atom. The summed E-state index contributed by atoms with van der Waals surface area (Å²) in [5, 5.41) is 10.9. The van der Waals surface area contributed by atoms with Gasteiger partial charge in [-0.25, -0.2) is 4.79 Å². The third-order valence-corrected chi connectivity index (χ3v) is 4.75. The lowest BCUT2D eigenvalue weighted by Gasteiger charge is -2.23. The molecule has 1 N–H and O–H groups in total. The molecular formula is C12H13NO3S2. The summed E-state index contributed by atoms with van der Waals surface area (Å²) < 4.78 is 0. The van der Waals surface area contributed by atoms with Gasteiger partial charge in [0.05, 0.1) is 5.37 Å². The second kappa shape index (κ2) is 5.58. The highest BCUT2D eigenvalue weighted by atomic mass is 32.2. The molecule has 6 heteroatoms. The highest BCUT2D eigenvalue weighted by Crippen LogP contribution is 2.29. The highest BCUT2D eigenvalue weighted by molar-refractivity contribution is 8.00.